The van der Waals surface area contributed by atoms with Gasteiger partial charge in [-0.15, -0.1) is 0 Å². The third kappa shape index (κ3) is 5.08. The van der Waals surface area contributed by atoms with E-state index >= 15 is 0 Å². The number of carboxylic acid groups (broad SMARTS) is 1. The number of hydrogen-bond donors (Lipinski definition) is 1. The van der Waals surface area contributed by atoms with Crippen molar-refractivity contribution in [2.24, 2.45) is 5.92 Å². The summed E-state index contributed by atoms with van der Waals surface area (Å²) in [6, 6.07) is 6.70. The van der Waals surface area contributed by atoms with Gasteiger partial charge < -0.3 is 19.6 Å². The fourth-order valence-corrected chi connectivity index (χ4v) is 2.82. The molecule has 0 spiro atoms. The SMILES string of the molecule is C=CCOc1ccc(C(=O)N(C)CC(=O)N2CCC(C(=O)O)CC2)cc1. The Morgan fingerprint density at radius 3 is 2.42 bits per heavy atom. The van der Waals surface area contributed by atoms with Crippen LogP contribution in [0.15, 0.2) is 36.9 Å². The summed E-state index contributed by atoms with van der Waals surface area (Å²) in [7, 11) is 1.58. The van der Waals surface area contributed by atoms with Gasteiger partial charge in [-0.2, -0.15) is 0 Å². The first-order valence-electron chi connectivity index (χ1n) is 8.52. The van der Waals surface area contributed by atoms with Gasteiger partial charge in [-0.3, -0.25) is 14.4 Å². The van der Waals surface area contributed by atoms with E-state index in [4.69, 9.17) is 9.84 Å². The Morgan fingerprint density at radius 1 is 1.27 bits per heavy atom. The smallest absolute Gasteiger partial charge is 0.306 e. The van der Waals surface area contributed by atoms with Gasteiger partial charge in [0.1, 0.15) is 12.4 Å². The molecular formula is C19H24N2O5. The highest BCUT2D eigenvalue weighted by atomic mass is 16.5. The number of nitrogens with zero attached hydrogens (tertiary/aromatic N) is 2. The highest BCUT2D eigenvalue weighted by Gasteiger charge is 2.28. The maximum Gasteiger partial charge on any atom is 0.306 e. The molecule has 0 radical (unpaired) electrons. The summed E-state index contributed by atoms with van der Waals surface area (Å²) in [4.78, 5) is 38.8. The van der Waals surface area contributed by atoms with E-state index in [0.717, 1.165) is 0 Å². The summed E-state index contributed by atoms with van der Waals surface area (Å²) < 4.78 is 5.37. The lowest BCUT2D eigenvalue weighted by Crippen LogP contribution is -2.45. The molecule has 0 bridgehead atoms. The van der Waals surface area contributed by atoms with Crippen LogP contribution in [0.1, 0.15) is 23.2 Å². The van der Waals surface area contributed by atoms with Gasteiger partial charge in [-0.25, -0.2) is 0 Å². The Balaban J connectivity index is 1.87. The van der Waals surface area contributed by atoms with E-state index in [9.17, 15) is 14.4 Å². The van der Waals surface area contributed by atoms with Crippen molar-refractivity contribution >= 4 is 17.8 Å². The Kier molecular flexibility index (Phi) is 6.77. The number of carbonyl (C=O) groups excluding carboxylic acids is 2. The van der Waals surface area contributed by atoms with Crippen molar-refractivity contribution in [3.8, 4) is 5.75 Å². The van der Waals surface area contributed by atoms with Crippen molar-refractivity contribution < 1.29 is 24.2 Å². The summed E-state index contributed by atoms with van der Waals surface area (Å²) in [5.41, 5.74) is 0.468. The highest BCUT2D eigenvalue weighted by molar-refractivity contribution is 5.96. The van der Waals surface area contributed by atoms with Crippen LogP contribution in [-0.2, 0) is 9.59 Å². The van der Waals surface area contributed by atoms with Gasteiger partial charge in [-0.05, 0) is 37.1 Å². The topological polar surface area (TPSA) is 87.2 Å². The van der Waals surface area contributed by atoms with Crippen LogP contribution in [0.4, 0.5) is 0 Å². The first-order valence-corrected chi connectivity index (χ1v) is 8.52. The predicted octanol–water partition coefficient (Wildman–Crippen LogP) is 1.65. The zero-order valence-electron chi connectivity index (χ0n) is 14.9. The highest BCUT2D eigenvalue weighted by Crippen LogP contribution is 2.18. The lowest BCUT2D eigenvalue weighted by Gasteiger charge is -2.31. The van der Waals surface area contributed by atoms with Gasteiger partial charge in [0, 0.05) is 25.7 Å². The minimum atomic E-state index is -0.815. The number of carboxylic acids is 1. The molecule has 1 aromatic carbocycles. The van der Waals surface area contributed by atoms with E-state index in [1.807, 2.05) is 0 Å². The Hall–Kier alpha value is -2.83. The van der Waals surface area contributed by atoms with Crippen LogP contribution in [-0.4, -0.2) is 66.0 Å². The van der Waals surface area contributed by atoms with Gasteiger partial charge in [-0.1, -0.05) is 12.7 Å². The molecule has 0 aromatic heterocycles. The minimum Gasteiger partial charge on any atom is -0.490 e. The van der Waals surface area contributed by atoms with Crippen LogP contribution in [0.2, 0.25) is 0 Å². The third-order valence-electron chi connectivity index (χ3n) is 4.39. The van der Waals surface area contributed by atoms with Crippen LogP contribution in [0.25, 0.3) is 0 Å². The predicted molar refractivity (Wildman–Crippen MR) is 96.0 cm³/mol. The van der Waals surface area contributed by atoms with Crippen molar-refractivity contribution in [3.05, 3.63) is 42.5 Å². The average Bonchev–Trinajstić information content (AvgIpc) is 2.66. The number of aliphatic carboxylic acids is 1. The van der Waals surface area contributed by atoms with Crippen LogP contribution in [0.5, 0.6) is 5.75 Å². The fourth-order valence-electron chi connectivity index (χ4n) is 2.82. The van der Waals surface area contributed by atoms with Gasteiger partial charge in [0.05, 0.1) is 12.5 Å². The van der Waals surface area contributed by atoms with E-state index in [1.165, 1.54) is 4.90 Å². The van der Waals surface area contributed by atoms with Gasteiger partial charge in [0.25, 0.3) is 5.91 Å². The maximum absolute atomic E-state index is 12.5. The number of piperidine rings is 1. The summed E-state index contributed by atoms with van der Waals surface area (Å²) in [5.74, 6) is -0.990. The van der Waals surface area contributed by atoms with Crippen molar-refractivity contribution in [2.45, 2.75) is 12.8 Å². The summed E-state index contributed by atoms with van der Waals surface area (Å²) in [5, 5.41) is 9.00. The molecule has 1 fully saturated rings. The molecule has 7 heteroatoms. The molecule has 0 saturated carbocycles. The number of carbonyl (C=O) groups is 3. The number of rotatable bonds is 7. The molecular weight excluding hydrogens is 336 g/mol. The van der Waals surface area contributed by atoms with E-state index in [0.29, 0.717) is 43.9 Å². The van der Waals surface area contributed by atoms with E-state index in [2.05, 4.69) is 6.58 Å². The first-order chi connectivity index (χ1) is 12.4. The van der Waals surface area contributed by atoms with Gasteiger partial charge in [0.15, 0.2) is 0 Å². The van der Waals surface area contributed by atoms with Crippen LogP contribution >= 0.6 is 0 Å². The van der Waals surface area contributed by atoms with Gasteiger partial charge in [0.2, 0.25) is 5.91 Å². The van der Waals surface area contributed by atoms with Crippen molar-refractivity contribution in [3.63, 3.8) is 0 Å². The molecule has 1 saturated heterocycles. The largest absolute Gasteiger partial charge is 0.490 e. The Bertz CT molecular complexity index is 663. The number of likely N-dealkylation sites (tertiary alicyclic amines) is 1. The molecule has 2 amide bonds. The van der Waals surface area contributed by atoms with Crippen molar-refractivity contribution in [1.82, 2.24) is 9.80 Å². The van der Waals surface area contributed by atoms with Crippen LogP contribution in [0.3, 0.4) is 0 Å². The second-order valence-electron chi connectivity index (χ2n) is 6.28. The van der Waals surface area contributed by atoms with Crippen molar-refractivity contribution in [1.29, 1.82) is 0 Å². The number of hydrogen-bond acceptors (Lipinski definition) is 4. The van der Waals surface area contributed by atoms with Crippen LogP contribution < -0.4 is 4.74 Å². The van der Waals surface area contributed by atoms with Crippen molar-refractivity contribution in [2.75, 3.05) is 33.3 Å². The summed E-state index contributed by atoms with van der Waals surface area (Å²) in [6.07, 6.45) is 2.54. The number of likely N-dealkylation sites (N-methyl/N-ethyl adjacent to an activating group) is 1. The standard InChI is InChI=1S/C19H24N2O5/c1-3-12-26-16-6-4-14(5-7-16)18(23)20(2)13-17(22)21-10-8-15(9-11-21)19(24)25/h3-7,15H,1,8-13H2,2H3,(H,24,25). The zero-order chi connectivity index (χ0) is 19.1. The molecule has 0 atom stereocenters. The normalized spacial score (nSPS) is 14.6. The molecule has 1 N–H and O–H groups in total. The molecule has 7 nitrogen and oxygen atoms in total. The van der Waals surface area contributed by atoms with Crippen LogP contribution in [0, 0.1) is 5.92 Å². The second-order valence-corrected chi connectivity index (χ2v) is 6.28. The molecule has 26 heavy (non-hydrogen) atoms. The van der Waals surface area contributed by atoms with E-state index < -0.39 is 5.97 Å². The molecule has 1 heterocycles. The van der Waals surface area contributed by atoms with E-state index in [-0.39, 0.29) is 24.3 Å². The number of amides is 2. The van der Waals surface area contributed by atoms with E-state index in [1.54, 1.807) is 42.3 Å². The molecule has 1 aliphatic rings. The Labute approximate surface area is 152 Å². The zero-order valence-corrected chi connectivity index (χ0v) is 14.9. The second kappa shape index (κ2) is 9.03. The first kappa shape index (κ1) is 19.5. The lowest BCUT2D eigenvalue weighted by atomic mass is 9.97. The summed E-state index contributed by atoms with van der Waals surface area (Å²) >= 11 is 0. The number of benzene rings is 1. The molecule has 140 valence electrons. The third-order valence-corrected chi connectivity index (χ3v) is 4.39. The molecule has 0 aliphatic carbocycles. The van der Waals surface area contributed by atoms with Gasteiger partial charge >= 0.3 is 5.97 Å². The Morgan fingerprint density at radius 2 is 1.88 bits per heavy atom. The fraction of sp³-hybridized carbons (Fsp3) is 0.421. The summed E-state index contributed by atoms with van der Waals surface area (Å²) in [6.45, 7) is 4.75. The minimum absolute atomic E-state index is 0.0364. The molecule has 2 rings (SSSR count). The molecule has 1 aromatic rings. The maximum atomic E-state index is 12.5. The quantitative estimate of drug-likeness (QED) is 0.747. The molecule has 1 aliphatic heterocycles. The lowest BCUT2D eigenvalue weighted by molar-refractivity contribution is -0.145. The average molecular weight is 360 g/mol. The number of ether oxygens (including phenoxy) is 1. The monoisotopic (exact) mass is 360 g/mol. The molecule has 0 unspecified atom stereocenters.